The van der Waals surface area contributed by atoms with Gasteiger partial charge in [0.1, 0.15) is 5.75 Å². The van der Waals surface area contributed by atoms with Crippen LogP contribution in [0.3, 0.4) is 0 Å². The standard InChI is InChI=1S/C21H25BrN2O3/c1-2-3-13-27-19-9-7-16(8-10-19)11-12-23-20(25)15-24-21(26)17-5-4-6-18(22)14-17/h4-10,14H,2-3,11-13,15H2,1H3,(H,23,25)(H,24,26). The van der Waals surface area contributed by atoms with Gasteiger partial charge in [0.2, 0.25) is 5.91 Å². The maximum atomic E-state index is 12.0. The lowest BCUT2D eigenvalue weighted by Gasteiger charge is -2.08. The Morgan fingerprint density at radius 3 is 2.56 bits per heavy atom. The normalized spacial score (nSPS) is 10.3. The summed E-state index contributed by atoms with van der Waals surface area (Å²) in [6, 6.07) is 14.9. The predicted octanol–water partition coefficient (Wildman–Crippen LogP) is 3.72. The van der Waals surface area contributed by atoms with E-state index in [0.29, 0.717) is 12.1 Å². The number of nitrogens with one attached hydrogen (secondary N) is 2. The minimum absolute atomic E-state index is 0.0461. The third-order valence-corrected chi connectivity index (χ3v) is 4.42. The molecular formula is C21H25BrN2O3. The van der Waals surface area contributed by atoms with Gasteiger partial charge in [0.25, 0.3) is 5.91 Å². The van der Waals surface area contributed by atoms with Crippen LogP contribution < -0.4 is 15.4 Å². The number of amides is 2. The lowest BCUT2D eigenvalue weighted by molar-refractivity contribution is -0.120. The van der Waals surface area contributed by atoms with E-state index in [1.807, 2.05) is 30.3 Å². The summed E-state index contributed by atoms with van der Waals surface area (Å²) in [7, 11) is 0. The highest BCUT2D eigenvalue weighted by atomic mass is 79.9. The van der Waals surface area contributed by atoms with Gasteiger partial charge in [0.15, 0.2) is 0 Å². The van der Waals surface area contributed by atoms with Gasteiger partial charge in [0, 0.05) is 16.6 Å². The Hall–Kier alpha value is -2.34. The lowest BCUT2D eigenvalue weighted by atomic mass is 10.1. The molecule has 0 aliphatic rings. The zero-order valence-electron chi connectivity index (χ0n) is 15.5. The van der Waals surface area contributed by atoms with E-state index in [9.17, 15) is 9.59 Å². The molecule has 144 valence electrons. The number of benzene rings is 2. The van der Waals surface area contributed by atoms with E-state index in [1.165, 1.54) is 0 Å². The first kappa shape index (κ1) is 21.0. The molecule has 0 aliphatic carbocycles. The van der Waals surface area contributed by atoms with Gasteiger partial charge in [-0.1, -0.05) is 47.5 Å². The number of ether oxygens (including phenoxy) is 1. The largest absolute Gasteiger partial charge is 0.494 e. The highest BCUT2D eigenvalue weighted by molar-refractivity contribution is 9.10. The molecule has 2 amide bonds. The summed E-state index contributed by atoms with van der Waals surface area (Å²) >= 11 is 3.32. The van der Waals surface area contributed by atoms with Crippen LogP contribution in [-0.4, -0.2) is 31.5 Å². The molecule has 2 rings (SSSR count). The maximum absolute atomic E-state index is 12.0. The van der Waals surface area contributed by atoms with Gasteiger partial charge in [-0.3, -0.25) is 9.59 Å². The summed E-state index contributed by atoms with van der Waals surface area (Å²) in [5.74, 6) is 0.384. The van der Waals surface area contributed by atoms with Crippen LogP contribution in [0.1, 0.15) is 35.7 Å². The zero-order valence-corrected chi connectivity index (χ0v) is 17.1. The summed E-state index contributed by atoms with van der Waals surface area (Å²) in [6.07, 6.45) is 2.88. The van der Waals surface area contributed by atoms with Gasteiger partial charge >= 0.3 is 0 Å². The van der Waals surface area contributed by atoms with Crippen LogP contribution in [-0.2, 0) is 11.2 Å². The molecule has 5 nitrogen and oxygen atoms in total. The SMILES string of the molecule is CCCCOc1ccc(CCNC(=O)CNC(=O)c2cccc(Br)c2)cc1. The van der Waals surface area contributed by atoms with Gasteiger partial charge in [-0.05, 0) is 48.7 Å². The number of unbranched alkanes of at least 4 members (excludes halogenated alkanes) is 1. The van der Waals surface area contributed by atoms with E-state index in [0.717, 1.165) is 41.7 Å². The third-order valence-electron chi connectivity index (χ3n) is 3.92. The van der Waals surface area contributed by atoms with Crippen LogP contribution in [0.4, 0.5) is 0 Å². The van der Waals surface area contributed by atoms with Crippen LogP contribution in [0.25, 0.3) is 0 Å². The molecule has 0 aliphatic heterocycles. The van der Waals surface area contributed by atoms with E-state index in [4.69, 9.17) is 4.74 Å². The Balaban J connectivity index is 1.66. The summed E-state index contributed by atoms with van der Waals surface area (Å²) in [4.78, 5) is 23.9. The first-order chi connectivity index (χ1) is 13.1. The number of rotatable bonds is 10. The van der Waals surface area contributed by atoms with E-state index in [-0.39, 0.29) is 18.4 Å². The molecule has 0 spiro atoms. The van der Waals surface area contributed by atoms with Crippen molar-refractivity contribution >= 4 is 27.7 Å². The summed E-state index contributed by atoms with van der Waals surface area (Å²) in [5.41, 5.74) is 1.63. The van der Waals surface area contributed by atoms with Crippen molar-refractivity contribution in [1.29, 1.82) is 0 Å². The van der Waals surface area contributed by atoms with Gasteiger partial charge in [-0.15, -0.1) is 0 Å². The fraction of sp³-hybridized carbons (Fsp3) is 0.333. The molecule has 6 heteroatoms. The first-order valence-corrected chi connectivity index (χ1v) is 9.90. The molecule has 0 unspecified atom stereocenters. The zero-order chi connectivity index (χ0) is 19.5. The van der Waals surface area contributed by atoms with Crippen molar-refractivity contribution in [2.75, 3.05) is 19.7 Å². The molecule has 0 heterocycles. The Kier molecular flexibility index (Phi) is 8.84. The van der Waals surface area contributed by atoms with Crippen LogP contribution in [0.15, 0.2) is 53.0 Å². The second-order valence-electron chi connectivity index (χ2n) is 6.14. The Labute approximate surface area is 168 Å². The Bertz CT molecular complexity index is 747. The molecule has 0 radical (unpaired) electrons. The molecule has 0 atom stereocenters. The molecule has 2 N–H and O–H groups in total. The highest BCUT2D eigenvalue weighted by Gasteiger charge is 2.08. The molecular weight excluding hydrogens is 408 g/mol. The summed E-state index contributed by atoms with van der Waals surface area (Å²) in [6.45, 7) is 3.33. The quantitative estimate of drug-likeness (QED) is 0.562. The maximum Gasteiger partial charge on any atom is 0.251 e. The predicted molar refractivity (Wildman–Crippen MR) is 110 cm³/mol. The van der Waals surface area contributed by atoms with E-state index in [2.05, 4.69) is 33.5 Å². The van der Waals surface area contributed by atoms with Gasteiger partial charge in [0.05, 0.1) is 13.2 Å². The van der Waals surface area contributed by atoms with Crippen LogP contribution in [0.2, 0.25) is 0 Å². The molecule has 2 aromatic rings. The van der Waals surface area contributed by atoms with E-state index in [1.54, 1.807) is 18.2 Å². The fourth-order valence-electron chi connectivity index (χ4n) is 2.39. The van der Waals surface area contributed by atoms with Crippen molar-refractivity contribution in [2.24, 2.45) is 0 Å². The lowest BCUT2D eigenvalue weighted by Crippen LogP contribution is -2.37. The van der Waals surface area contributed by atoms with Crippen molar-refractivity contribution in [3.63, 3.8) is 0 Å². The minimum atomic E-state index is -0.273. The van der Waals surface area contributed by atoms with Crippen molar-refractivity contribution < 1.29 is 14.3 Å². The molecule has 0 saturated carbocycles. The third kappa shape index (κ3) is 7.83. The Morgan fingerprint density at radius 1 is 1.07 bits per heavy atom. The minimum Gasteiger partial charge on any atom is -0.494 e. The molecule has 2 aromatic carbocycles. The van der Waals surface area contributed by atoms with Gasteiger partial charge in [-0.2, -0.15) is 0 Å². The number of carbonyl (C=O) groups is 2. The van der Waals surface area contributed by atoms with Crippen LogP contribution in [0, 0.1) is 0 Å². The molecule has 0 bridgehead atoms. The molecule has 0 saturated heterocycles. The molecule has 0 fully saturated rings. The topological polar surface area (TPSA) is 67.4 Å². The second-order valence-corrected chi connectivity index (χ2v) is 7.05. The Morgan fingerprint density at radius 2 is 1.85 bits per heavy atom. The average molecular weight is 433 g/mol. The van der Waals surface area contributed by atoms with Crippen LogP contribution in [0.5, 0.6) is 5.75 Å². The number of hydrogen-bond acceptors (Lipinski definition) is 3. The summed E-state index contributed by atoms with van der Waals surface area (Å²) in [5, 5.41) is 5.43. The van der Waals surface area contributed by atoms with Crippen LogP contribution >= 0.6 is 15.9 Å². The smallest absolute Gasteiger partial charge is 0.251 e. The van der Waals surface area contributed by atoms with Crippen molar-refractivity contribution in [3.05, 3.63) is 64.1 Å². The van der Waals surface area contributed by atoms with E-state index < -0.39 is 0 Å². The van der Waals surface area contributed by atoms with Crippen molar-refractivity contribution in [2.45, 2.75) is 26.2 Å². The summed E-state index contributed by atoms with van der Waals surface area (Å²) < 4.78 is 6.45. The monoisotopic (exact) mass is 432 g/mol. The number of halogens is 1. The molecule has 27 heavy (non-hydrogen) atoms. The number of carbonyl (C=O) groups excluding carboxylic acids is 2. The van der Waals surface area contributed by atoms with Gasteiger partial charge < -0.3 is 15.4 Å². The molecule has 0 aromatic heterocycles. The van der Waals surface area contributed by atoms with E-state index >= 15 is 0 Å². The van der Waals surface area contributed by atoms with Crippen molar-refractivity contribution in [3.8, 4) is 5.75 Å². The average Bonchev–Trinajstić information content (AvgIpc) is 2.67. The number of hydrogen-bond donors (Lipinski definition) is 2. The fourth-order valence-corrected chi connectivity index (χ4v) is 2.79. The first-order valence-electron chi connectivity index (χ1n) is 9.10. The highest BCUT2D eigenvalue weighted by Crippen LogP contribution is 2.13. The van der Waals surface area contributed by atoms with Crippen molar-refractivity contribution in [1.82, 2.24) is 10.6 Å². The van der Waals surface area contributed by atoms with Gasteiger partial charge in [-0.25, -0.2) is 0 Å². The second kappa shape index (κ2) is 11.4.